The lowest BCUT2D eigenvalue weighted by atomic mass is 10.0. The molecular formula is C10H17NO4S. The number of amides is 1. The number of aliphatic hydroxyl groups is 1. The molecule has 2 aliphatic rings. The van der Waals surface area contributed by atoms with Crippen LogP contribution in [0.1, 0.15) is 39.5 Å². The summed E-state index contributed by atoms with van der Waals surface area (Å²) in [5.41, 5.74) is -1.00. The third-order valence-corrected chi connectivity index (χ3v) is 5.99. The molecule has 5 nitrogen and oxygen atoms in total. The van der Waals surface area contributed by atoms with Gasteiger partial charge in [-0.1, -0.05) is 12.8 Å². The number of carbonyl (C=O) groups excluding carboxylic acids is 1. The number of rotatable bonds is 2. The average molecular weight is 247 g/mol. The van der Waals surface area contributed by atoms with Crippen molar-refractivity contribution < 1.29 is 18.3 Å². The zero-order valence-corrected chi connectivity index (χ0v) is 10.4. The molecule has 0 radical (unpaired) electrons. The summed E-state index contributed by atoms with van der Waals surface area (Å²) in [7, 11) is -3.55. The molecule has 0 spiro atoms. The molecular weight excluding hydrogens is 230 g/mol. The molecule has 1 N–H and O–H groups in total. The Hall–Kier alpha value is -0.620. The van der Waals surface area contributed by atoms with E-state index in [1.54, 1.807) is 0 Å². The molecule has 1 aliphatic heterocycles. The summed E-state index contributed by atoms with van der Waals surface area (Å²) in [6, 6.07) is 0. The van der Waals surface area contributed by atoms with E-state index < -0.39 is 26.3 Å². The van der Waals surface area contributed by atoms with Crippen LogP contribution in [0.4, 0.5) is 0 Å². The number of sulfonamides is 1. The predicted molar refractivity (Wildman–Crippen MR) is 58.1 cm³/mol. The Balaban J connectivity index is 2.17. The van der Waals surface area contributed by atoms with Gasteiger partial charge < -0.3 is 5.11 Å². The monoisotopic (exact) mass is 247 g/mol. The maximum atomic E-state index is 11.8. The SMILES string of the molecule is CC1(C)C(=O)N(CC2(O)CCCC2)S1(=O)=O. The van der Waals surface area contributed by atoms with E-state index in [0.717, 1.165) is 17.1 Å². The maximum Gasteiger partial charge on any atom is 0.258 e. The zero-order chi connectivity index (χ0) is 12.2. The lowest BCUT2D eigenvalue weighted by molar-refractivity contribution is -0.135. The molecule has 1 aliphatic carbocycles. The maximum absolute atomic E-state index is 11.8. The average Bonchev–Trinajstić information content (AvgIpc) is 2.60. The van der Waals surface area contributed by atoms with Crippen molar-refractivity contribution in [2.75, 3.05) is 6.54 Å². The molecule has 0 unspecified atom stereocenters. The Morgan fingerprint density at radius 3 is 2.25 bits per heavy atom. The minimum atomic E-state index is -3.55. The lowest BCUT2D eigenvalue weighted by Crippen LogP contribution is -2.69. The first-order chi connectivity index (χ1) is 7.21. The number of nitrogens with zero attached hydrogens (tertiary/aromatic N) is 1. The molecule has 6 heteroatoms. The third-order valence-electron chi connectivity index (χ3n) is 3.65. The van der Waals surface area contributed by atoms with Crippen molar-refractivity contribution >= 4 is 15.9 Å². The van der Waals surface area contributed by atoms with Crippen molar-refractivity contribution in [1.82, 2.24) is 4.31 Å². The van der Waals surface area contributed by atoms with Crippen molar-refractivity contribution in [1.29, 1.82) is 0 Å². The Bertz CT molecular complexity index is 420. The Morgan fingerprint density at radius 2 is 1.81 bits per heavy atom. The van der Waals surface area contributed by atoms with Crippen LogP contribution in [0.2, 0.25) is 0 Å². The fourth-order valence-corrected chi connectivity index (χ4v) is 3.98. The fraction of sp³-hybridized carbons (Fsp3) is 0.900. The van der Waals surface area contributed by atoms with Gasteiger partial charge in [0.15, 0.2) is 4.75 Å². The van der Waals surface area contributed by atoms with E-state index >= 15 is 0 Å². The second kappa shape index (κ2) is 3.20. The highest BCUT2D eigenvalue weighted by molar-refractivity contribution is 7.94. The Kier molecular flexibility index (Phi) is 2.37. The third kappa shape index (κ3) is 1.39. The van der Waals surface area contributed by atoms with E-state index in [1.807, 2.05) is 0 Å². The molecule has 2 rings (SSSR count). The van der Waals surface area contributed by atoms with Crippen molar-refractivity contribution in [3.8, 4) is 0 Å². The number of β-amino-alcohol motifs (C(OH)–C–C–N with tert-alkyl or cyclic N) is 1. The summed E-state index contributed by atoms with van der Waals surface area (Å²) < 4.78 is 23.1. The molecule has 0 aromatic carbocycles. The molecule has 2 fully saturated rings. The first kappa shape index (κ1) is 11.9. The van der Waals surface area contributed by atoms with Gasteiger partial charge >= 0.3 is 0 Å². The van der Waals surface area contributed by atoms with Crippen LogP contribution in [0.25, 0.3) is 0 Å². The molecule has 0 atom stereocenters. The molecule has 16 heavy (non-hydrogen) atoms. The minimum absolute atomic E-state index is 0.0718. The van der Waals surface area contributed by atoms with Crippen molar-refractivity contribution in [2.45, 2.75) is 49.9 Å². The normalized spacial score (nSPS) is 30.2. The second-order valence-corrected chi connectivity index (χ2v) is 7.67. The van der Waals surface area contributed by atoms with Crippen LogP contribution in [0.5, 0.6) is 0 Å². The van der Waals surface area contributed by atoms with Gasteiger partial charge in [0, 0.05) is 0 Å². The lowest BCUT2D eigenvalue weighted by Gasteiger charge is -2.45. The molecule has 0 aromatic rings. The summed E-state index contributed by atoms with van der Waals surface area (Å²) in [6.07, 6.45) is 2.93. The second-order valence-electron chi connectivity index (χ2n) is 5.26. The summed E-state index contributed by atoms with van der Waals surface area (Å²) in [5, 5.41) is 10.1. The summed E-state index contributed by atoms with van der Waals surface area (Å²) >= 11 is 0. The van der Waals surface area contributed by atoms with Gasteiger partial charge in [-0.15, -0.1) is 0 Å². The molecule has 1 saturated carbocycles. The first-order valence-corrected chi connectivity index (χ1v) is 6.94. The summed E-state index contributed by atoms with van der Waals surface area (Å²) in [5.74, 6) is -0.409. The van der Waals surface area contributed by atoms with Crippen LogP contribution in [-0.4, -0.2) is 40.6 Å². The predicted octanol–water partition coefficient (Wildman–Crippen LogP) is 0.242. The van der Waals surface area contributed by atoms with Gasteiger partial charge in [0.1, 0.15) is 0 Å². The van der Waals surface area contributed by atoms with E-state index in [2.05, 4.69) is 0 Å². The highest BCUT2D eigenvalue weighted by Gasteiger charge is 2.61. The van der Waals surface area contributed by atoms with Crippen LogP contribution in [0.15, 0.2) is 0 Å². The molecule has 1 saturated heterocycles. The van der Waals surface area contributed by atoms with Gasteiger partial charge in [-0.05, 0) is 26.7 Å². The van der Waals surface area contributed by atoms with Crippen molar-refractivity contribution in [3.63, 3.8) is 0 Å². The quantitative estimate of drug-likeness (QED) is 0.758. The minimum Gasteiger partial charge on any atom is -0.388 e. The smallest absolute Gasteiger partial charge is 0.258 e. The van der Waals surface area contributed by atoms with Gasteiger partial charge in [-0.25, -0.2) is 12.7 Å². The van der Waals surface area contributed by atoms with Crippen LogP contribution in [0.3, 0.4) is 0 Å². The highest BCUT2D eigenvalue weighted by Crippen LogP contribution is 2.39. The number of hydrogen-bond donors (Lipinski definition) is 1. The van der Waals surface area contributed by atoms with Gasteiger partial charge in [0.05, 0.1) is 12.1 Å². The molecule has 92 valence electrons. The Labute approximate surface area is 95.5 Å². The summed E-state index contributed by atoms with van der Waals surface area (Å²) in [4.78, 5) is 11.7. The topological polar surface area (TPSA) is 74.7 Å². The van der Waals surface area contributed by atoms with Crippen molar-refractivity contribution in [3.05, 3.63) is 0 Å². The Morgan fingerprint density at radius 1 is 1.31 bits per heavy atom. The van der Waals surface area contributed by atoms with E-state index in [0.29, 0.717) is 12.8 Å². The number of hydrogen-bond acceptors (Lipinski definition) is 4. The van der Waals surface area contributed by atoms with Gasteiger partial charge in [0.2, 0.25) is 0 Å². The van der Waals surface area contributed by atoms with E-state index in [-0.39, 0.29) is 6.54 Å². The largest absolute Gasteiger partial charge is 0.388 e. The van der Waals surface area contributed by atoms with Crippen molar-refractivity contribution in [2.24, 2.45) is 0 Å². The fourth-order valence-electron chi connectivity index (χ4n) is 2.37. The van der Waals surface area contributed by atoms with E-state index in [1.165, 1.54) is 13.8 Å². The summed E-state index contributed by atoms with van der Waals surface area (Å²) in [6.45, 7) is 2.73. The molecule has 0 bridgehead atoms. The zero-order valence-electron chi connectivity index (χ0n) is 9.56. The van der Waals surface area contributed by atoms with E-state index in [9.17, 15) is 18.3 Å². The molecule has 1 heterocycles. The van der Waals surface area contributed by atoms with Crippen LogP contribution >= 0.6 is 0 Å². The standard InChI is InChI=1S/C10H17NO4S/c1-9(2)8(12)11(16(9,14)15)7-10(13)5-3-4-6-10/h13H,3-7H2,1-2H3. The van der Waals surface area contributed by atoms with Gasteiger partial charge in [-0.3, -0.25) is 4.79 Å². The first-order valence-electron chi connectivity index (χ1n) is 5.50. The van der Waals surface area contributed by atoms with Gasteiger partial charge in [-0.2, -0.15) is 0 Å². The van der Waals surface area contributed by atoms with Crippen LogP contribution in [0, 0.1) is 0 Å². The van der Waals surface area contributed by atoms with E-state index in [4.69, 9.17) is 0 Å². The highest BCUT2D eigenvalue weighted by atomic mass is 32.2. The van der Waals surface area contributed by atoms with Crippen LogP contribution < -0.4 is 0 Å². The van der Waals surface area contributed by atoms with Crippen LogP contribution in [-0.2, 0) is 14.8 Å². The number of carbonyl (C=O) groups is 1. The van der Waals surface area contributed by atoms with Gasteiger partial charge in [0.25, 0.3) is 15.9 Å². The molecule has 0 aromatic heterocycles. The molecule has 1 amide bonds.